The summed E-state index contributed by atoms with van der Waals surface area (Å²) in [4.78, 5) is 25.9. The molecule has 4 aliphatic rings. The smallest absolute Gasteiger partial charge is 0.340 e. The lowest BCUT2D eigenvalue weighted by molar-refractivity contribution is -0.147. The fraction of sp³-hybridized carbons (Fsp3) is 0.440. The first kappa shape index (κ1) is 18.4. The molecule has 4 heteroatoms. The third-order valence-electron chi connectivity index (χ3n) is 7.16. The Morgan fingerprint density at radius 3 is 2.10 bits per heavy atom. The Balaban J connectivity index is 1.26. The number of nitrogens with one attached hydrogen (secondary N) is 1. The van der Waals surface area contributed by atoms with Gasteiger partial charge in [-0.1, -0.05) is 30.3 Å². The van der Waals surface area contributed by atoms with Gasteiger partial charge in [-0.25, -0.2) is 4.79 Å². The number of carbonyl (C=O) groups is 2. The number of hydrogen-bond acceptors (Lipinski definition) is 4. The molecule has 0 amide bonds. The van der Waals surface area contributed by atoms with E-state index in [1.807, 2.05) is 48.5 Å². The van der Waals surface area contributed by atoms with E-state index in [-0.39, 0.29) is 17.8 Å². The zero-order chi connectivity index (χ0) is 19.8. The molecule has 0 aromatic heterocycles. The van der Waals surface area contributed by atoms with Crippen LogP contribution in [0.25, 0.3) is 0 Å². The van der Waals surface area contributed by atoms with Crippen molar-refractivity contribution < 1.29 is 14.3 Å². The Bertz CT molecular complexity index is 885. The molecular weight excluding hydrogens is 362 g/mol. The van der Waals surface area contributed by atoms with E-state index >= 15 is 0 Å². The van der Waals surface area contributed by atoms with E-state index in [9.17, 15) is 9.59 Å². The molecule has 4 bridgehead atoms. The second-order valence-electron chi connectivity index (χ2n) is 9.23. The minimum atomic E-state index is -0.442. The highest BCUT2D eigenvalue weighted by Crippen LogP contribution is 2.60. The van der Waals surface area contributed by atoms with Crippen LogP contribution in [0, 0.1) is 23.2 Å². The fourth-order valence-corrected chi connectivity index (χ4v) is 6.26. The van der Waals surface area contributed by atoms with E-state index in [1.54, 1.807) is 6.07 Å². The summed E-state index contributed by atoms with van der Waals surface area (Å²) < 4.78 is 5.53. The van der Waals surface area contributed by atoms with Crippen molar-refractivity contribution in [1.29, 1.82) is 0 Å². The fourth-order valence-electron chi connectivity index (χ4n) is 6.26. The Morgan fingerprint density at radius 1 is 0.862 bits per heavy atom. The van der Waals surface area contributed by atoms with Gasteiger partial charge in [0.1, 0.15) is 0 Å². The third kappa shape index (κ3) is 3.57. The van der Waals surface area contributed by atoms with Crippen molar-refractivity contribution >= 4 is 23.1 Å². The van der Waals surface area contributed by atoms with Crippen LogP contribution in [0.5, 0.6) is 0 Å². The van der Waals surface area contributed by atoms with Crippen LogP contribution in [0.3, 0.4) is 0 Å². The molecule has 1 N–H and O–H groups in total. The lowest BCUT2D eigenvalue weighted by Crippen LogP contribution is -2.51. The Morgan fingerprint density at radius 2 is 1.45 bits per heavy atom. The minimum absolute atomic E-state index is 0.106. The molecule has 6 rings (SSSR count). The summed E-state index contributed by atoms with van der Waals surface area (Å²) >= 11 is 0. The van der Waals surface area contributed by atoms with Crippen LogP contribution in [0.15, 0.2) is 54.6 Å². The van der Waals surface area contributed by atoms with Crippen molar-refractivity contribution in [2.45, 2.75) is 38.5 Å². The molecule has 4 saturated carbocycles. The Labute approximate surface area is 171 Å². The molecule has 0 saturated heterocycles. The largest absolute Gasteiger partial charge is 0.454 e. The second kappa shape index (κ2) is 7.33. The van der Waals surface area contributed by atoms with Gasteiger partial charge in [0.2, 0.25) is 0 Å². The van der Waals surface area contributed by atoms with Crippen LogP contribution < -0.4 is 5.32 Å². The molecule has 0 spiro atoms. The normalized spacial score (nSPS) is 29.4. The molecule has 0 atom stereocenters. The van der Waals surface area contributed by atoms with E-state index in [2.05, 4.69) is 5.32 Å². The molecule has 4 nitrogen and oxygen atoms in total. The highest BCUT2D eigenvalue weighted by atomic mass is 16.5. The average molecular weight is 389 g/mol. The number of para-hydroxylation sites is 2. The van der Waals surface area contributed by atoms with Gasteiger partial charge in [0.25, 0.3) is 0 Å². The van der Waals surface area contributed by atoms with Gasteiger partial charge in [0, 0.05) is 11.1 Å². The zero-order valence-electron chi connectivity index (χ0n) is 16.6. The van der Waals surface area contributed by atoms with Gasteiger partial charge in [-0.15, -0.1) is 0 Å². The predicted molar refractivity (Wildman–Crippen MR) is 112 cm³/mol. The maximum absolute atomic E-state index is 13.1. The maximum Gasteiger partial charge on any atom is 0.340 e. The number of benzene rings is 2. The van der Waals surface area contributed by atoms with Crippen molar-refractivity contribution in [2.75, 3.05) is 11.9 Å². The van der Waals surface area contributed by atoms with Gasteiger partial charge in [0.15, 0.2) is 12.4 Å². The van der Waals surface area contributed by atoms with Crippen molar-refractivity contribution in [2.24, 2.45) is 23.2 Å². The van der Waals surface area contributed by atoms with E-state index in [0.29, 0.717) is 29.0 Å². The van der Waals surface area contributed by atoms with Crippen LogP contribution >= 0.6 is 0 Å². The highest BCUT2D eigenvalue weighted by molar-refractivity contribution is 5.98. The van der Waals surface area contributed by atoms with Gasteiger partial charge in [-0.05, 0) is 80.5 Å². The van der Waals surface area contributed by atoms with Crippen molar-refractivity contribution in [1.82, 2.24) is 0 Å². The molecule has 0 heterocycles. The lowest BCUT2D eigenvalue weighted by atomic mass is 9.48. The Kier molecular flexibility index (Phi) is 4.65. The molecular formula is C25H27NO3. The predicted octanol–water partition coefficient (Wildman–Crippen LogP) is 5.37. The monoisotopic (exact) mass is 389 g/mol. The standard InChI is InChI=1S/C25H27NO3/c27-23(25-13-17-10-18(14-25)12-19(11-17)15-25)16-29-24(28)21-8-4-5-9-22(21)26-20-6-2-1-3-7-20/h1-9,17-19,26H,10-16H2. The number of ether oxygens (including phenoxy) is 1. The number of anilines is 2. The van der Waals surface area contributed by atoms with Crippen LogP contribution in [0.1, 0.15) is 48.9 Å². The molecule has 0 aliphatic heterocycles. The quantitative estimate of drug-likeness (QED) is 0.675. The molecule has 2 aromatic rings. The molecule has 4 fully saturated rings. The molecule has 0 radical (unpaired) electrons. The zero-order valence-corrected chi connectivity index (χ0v) is 16.6. The maximum atomic E-state index is 13.1. The Hall–Kier alpha value is -2.62. The first-order chi connectivity index (χ1) is 14.1. The van der Waals surface area contributed by atoms with Gasteiger partial charge >= 0.3 is 5.97 Å². The molecule has 29 heavy (non-hydrogen) atoms. The number of hydrogen-bond donors (Lipinski definition) is 1. The number of ketones is 1. The van der Waals surface area contributed by atoms with Gasteiger partial charge in [0.05, 0.1) is 11.3 Å². The van der Waals surface area contributed by atoms with Crippen LogP contribution in [-0.2, 0) is 9.53 Å². The SMILES string of the molecule is O=C(OCC(=O)C12CC3CC(CC(C3)C1)C2)c1ccccc1Nc1ccccc1. The van der Waals surface area contributed by atoms with E-state index in [0.717, 1.165) is 24.9 Å². The number of esters is 1. The lowest BCUT2D eigenvalue weighted by Gasteiger charge is -2.55. The average Bonchev–Trinajstić information content (AvgIpc) is 2.72. The molecule has 2 aromatic carbocycles. The third-order valence-corrected chi connectivity index (χ3v) is 7.16. The van der Waals surface area contributed by atoms with Crippen LogP contribution in [-0.4, -0.2) is 18.4 Å². The van der Waals surface area contributed by atoms with E-state index in [1.165, 1.54) is 19.3 Å². The van der Waals surface area contributed by atoms with Crippen molar-refractivity contribution in [3.05, 3.63) is 60.2 Å². The molecule has 150 valence electrons. The van der Waals surface area contributed by atoms with Gasteiger partial charge < -0.3 is 10.1 Å². The number of Topliss-reactive ketones (excluding diaryl/α,β-unsaturated/α-hetero) is 1. The summed E-state index contributed by atoms with van der Waals surface area (Å²) in [6.45, 7) is -0.106. The summed E-state index contributed by atoms with van der Waals surface area (Å²) in [6.07, 6.45) is 6.89. The summed E-state index contributed by atoms with van der Waals surface area (Å²) in [7, 11) is 0. The van der Waals surface area contributed by atoms with Gasteiger partial charge in [-0.2, -0.15) is 0 Å². The van der Waals surface area contributed by atoms with Gasteiger partial charge in [-0.3, -0.25) is 4.79 Å². The van der Waals surface area contributed by atoms with E-state index in [4.69, 9.17) is 4.74 Å². The van der Waals surface area contributed by atoms with Crippen LogP contribution in [0.2, 0.25) is 0 Å². The van der Waals surface area contributed by atoms with Crippen molar-refractivity contribution in [3.8, 4) is 0 Å². The summed E-state index contributed by atoms with van der Waals surface area (Å²) in [6, 6.07) is 17.0. The minimum Gasteiger partial charge on any atom is -0.454 e. The second-order valence-corrected chi connectivity index (χ2v) is 9.23. The summed E-state index contributed by atoms with van der Waals surface area (Å²) in [5.41, 5.74) is 1.81. The first-order valence-electron chi connectivity index (χ1n) is 10.7. The molecule has 4 aliphatic carbocycles. The van der Waals surface area contributed by atoms with Crippen LogP contribution in [0.4, 0.5) is 11.4 Å². The van der Waals surface area contributed by atoms with E-state index < -0.39 is 5.97 Å². The number of carbonyl (C=O) groups excluding carboxylic acids is 2. The van der Waals surface area contributed by atoms with Crippen molar-refractivity contribution in [3.63, 3.8) is 0 Å². The topological polar surface area (TPSA) is 55.4 Å². The molecule has 0 unspecified atom stereocenters. The first-order valence-corrected chi connectivity index (χ1v) is 10.7. The summed E-state index contributed by atoms with van der Waals surface area (Å²) in [5, 5.41) is 3.26. The summed E-state index contributed by atoms with van der Waals surface area (Å²) in [5.74, 6) is 1.81. The number of rotatable bonds is 6. The highest BCUT2D eigenvalue weighted by Gasteiger charge is 2.54.